The van der Waals surface area contributed by atoms with Gasteiger partial charge in [0.2, 0.25) is 0 Å². The van der Waals surface area contributed by atoms with Gasteiger partial charge < -0.3 is 10.5 Å². The van der Waals surface area contributed by atoms with E-state index in [9.17, 15) is 13.6 Å². The molecule has 17 heavy (non-hydrogen) atoms. The van der Waals surface area contributed by atoms with Crippen LogP contribution in [0.3, 0.4) is 0 Å². The Morgan fingerprint density at radius 2 is 2.12 bits per heavy atom. The summed E-state index contributed by atoms with van der Waals surface area (Å²) >= 11 is 0. The van der Waals surface area contributed by atoms with Crippen molar-refractivity contribution in [3.8, 4) is 0 Å². The molecule has 1 aromatic carbocycles. The van der Waals surface area contributed by atoms with Gasteiger partial charge >= 0.3 is 0 Å². The molecule has 0 saturated heterocycles. The van der Waals surface area contributed by atoms with Crippen molar-refractivity contribution >= 4 is 5.78 Å². The smallest absolute Gasteiger partial charge is 0.164 e. The van der Waals surface area contributed by atoms with Gasteiger partial charge in [-0.05, 0) is 24.6 Å². The highest BCUT2D eigenvalue weighted by molar-refractivity contribution is 5.96. The molecule has 0 radical (unpaired) electrons. The predicted molar refractivity (Wildman–Crippen MR) is 59.8 cm³/mol. The number of rotatable bonds is 6. The third-order valence-corrected chi connectivity index (χ3v) is 2.38. The van der Waals surface area contributed by atoms with Gasteiger partial charge in [-0.15, -0.1) is 0 Å². The van der Waals surface area contributed by atoms with E-state index in [1.54, 1.807) is 7.11 Å². The van der Waals surface area contributed by atoms with E-state index in [0.717, 1.165) is 12.1 Å². The molecule has 0 bridgehead atoms. The van der Waals surface area contributed by atoms with Gasteiger partial charge in [0.25, 0.3) is 0 Å². The number of Topliss-reactive ketones (excluding diaryl/α,β-unsaturated/α-hetero) is 1. The highest BCUT2D eigenvalue weighted by Crippen LogP contribution is 2.11. The summed E-state index contributed by atoms with van der Waals surface area (Å²) in [6.45, 7) is 0.465. The fourth-order valence-electron chi connectivity index (χ4n) is 1.40. The average molecular weight is 243 g/mol. The summed E-state index contributed by atoms with van der Waals surface area (Å²) in [4.78, 5) is 11.7. The van der Waals surface area contributed by atoms with Crippen LogP contribution in [0.1, 0.15) is 23.2 Å². The summed E-state index contributed by atoms with van der Waals surface area (Å²) < 4.78 is 30.4. The van der Waals surface area contributed by atoms with Gasteiger partial charge in [0.1, 0.15) is 0 Å². The maximum atomic E-state index is 12.9. The Labute approximate surface area is 98.6 Å². The Morgan fingerprint density at radius 1 is 1.41 bits per heavy atom. The van der Waals surface area contributed by atoms with E-state index >= 15 is 0 Å². The minimum atomic E-state index is -1.03. The molecule has 0 saturated carbocycles. The van der Waals surface area contributed by atoms with Crippen LogP contribution >= 0.6 is 0 Å². The number of methoxy groups -OCH3 is 1. The highest BCUT2D eigenvalue weighted by Gasteiger charge is 2.13. The zero-order valence-corrected chi connectivity index (χ0v) is 9.58. The summed E-state index contributed by atoms with van der Waals surface area (Å²) in [5.74, 6) is -2.29. The Bertz CT molecular complexity index is 396. The lowest BCUT2D eigenvalue weighted by atomic mass is 10.0. The maximum absolute atomic E-state index is 12.9. The second-order valence-electron chi connectivity index (χ2n) is 3.80. The van der Waals surface area contributed by atoms with Crippen LogP contribution < -0.4 is 5.73 Å². The van der Waals surface area contributed by atoms with E-state index in [2.05, 4.69) is 0 Å². The van der Waals surface area contributed by atoms with Crippen LogP contribution in [0, 0.1) is 11.6 Å². The largest absolute Gasteiger partial charge is 0.385 e. The van der Waals surface area contributed by atoms with E-state index in [-0.39, 0.29) is 23.8 Å². The molecule has 0 spiro atoms. The van der Waals surface area contributed by atoms with Crippen LogP contribution in [0.5, 0.6) is 0 Å². The van der Waals surface area contributed by atoms with Gasteiger partial charge in [-0.3, -0.25) is 4.79 Å². The molecule has 1 atom stereocenters. The fourth-order valence-corrected chi connectivity index (χ4v) is 1.40. The molecule has 1 aromatic rings. The molecule has 0 aliphatic heterocycles. The van der Waals surface area contributed by atoms with Crippen molar-refractivity contribution in [2.45, 2.75) is 18.9 Å². The lowest BCUT2D eigenvalue weighted by Gasteiger charge is -2.10. The lowest BCUT2D eigenvalue weighted by Crippen LogP contribution is -2.25. The minimum absolute atomic E-state index is 0.0917. The maximum Gasteiger partial charge on any atom is 0.164 e. The summed E-state index contributed by atoms with van der Waals surface area (Å²) in [5.41, 5.74) is 5.83. The van der Waals surface area contributed by atoms with Crippen molar-refractivity contribution in [2.24, 2.45) is 5.73 Å². The number of halogens is 2. The number of carbonyl (C=O) groups is 1. The van der Waals surface area contributed by atoms with Crippen molar-refractivity contribution in [1.29, 1.82) is 0 Å². The van der Waals surface area contributed by atoms with Crippen molar-refractivity contribution in [3.05, 3.63) is 35.4 Å². The summed E-state index contributed by atoms with van der Waals surface area (Å²) in [6.07, 6.45) is 0.639. The average Bonchev–Trinajstić information content (AvgIpc) is 2.30. The van der Waals surface area contributed by atoms with Crippen LogP contribution in [0.15, 0.2) is 18.2 Å². The van der Waals surface area contributed by atoms with Crippen LogP contribution in [0.2, 0.25) is 0 Å². The van der Waals surface area contributed by atoms with Crippen molar-refractivity contribution in [1.82, 2.24) is 0 Å². The summed E-state index contributed by atoms with van der Waals surface area (Å²) in [6, 6.07) is 2.74. The molecular weight excluding hydrogens is 228 g/mol. The molecule has 5 heteroatoms. The molecule has 0 amide bonds. The monoisotopic (exact) mass is 243 g/mol. The van der Waals surface area contributed by atoms with Gasteiger partial charge in [-0.1, -0.05) is 0 Å². The Balaban J connectivity index is 2.60. The summed E-state index contributed by atoms with van der Waals surface area (Å²) in [5, 5.41) is 0. The second kappa shape index (κ2) is 6.42. The number of benzene rings is 1. The molecule has 0 aromatic heterocycles. The molecule has 3 nitrogen and oxygen atoms in total. The summed E-state index contributed by atoms with van der Waals surface area (Å²) in [7, 11) is 1.55. The first-order valence-corrected chi connectivity index (χ1v) is 5.27. The van der Waals surface area contributed by atoms with Crippen molar-refractivity contribution in [2.75, 3.05) is 13.7 Å². The molecule has 1 unspecified atom stereocenters. The Kier molecular flexibility index (Phi) is 5.18. The third-order valence-electron chi connectivity index (χ3n) is 2.38. The van der Waals surface area contributed by atoms with E-state index in [1.807, 2.05) is 0 Å². The van der Waals surface area contributed by atoms with Gasteiger partial charge in [0, 0.05) is 31.7 Å². The van der Waals surface area contributed by atoms with Gasteiger partial charge in [-0.25, -0.2) is 8.78 Å². The lowest BCUT2D eigenvalue weighted by molar-refractivity contribution is 0.0966. The normalized spacial score (nSPS) is 12.5. The number of ether oxygens (including phenoxy) is 1. The standard InChI is InChI=1S/C12H15F2NO2/c1-17-5-4-9(15)7-12(16)8-2-3-10(13)11(14)6-8/h2-3,6,9H,4-5,7,15H2,1H3. The molecule has 2 N–H and O–H groups in total. The van der Waals surface area contributed by atoms with E-state index in [1.165, 1.54) is 6.07 Å². The quantitative estimate of drug-likeness (QED) is 0.776. The zero-order chi connectivity index (χ0) is 12.8. The molecular formula is C12H15F2NO2. The van der Waals surface area contributed by atoms with Gasteiger partial charge in [0.15, 0.2) is 17.4 Å². The molecule has 0 fully saturated rings. The molecule has 0 aliphatic rings. The number of nitrogens with two attached hydrogens (primary N) is 1. The van der Waals surface area contributed by atoms with Crippen LogP contribution in [-0.2, 0) is 4.74 Å². The van der Waals surface area contributed by atoms with Crippen molar-refractivity contribution < 1.29 is 18.3 Å². The van der Waals surface area contributed by atoms with Gasteiger partial charge in [0.05, 0.1) is 0 Å². The predicted octanol–water partition coefficient (Wildman–Crippen LogP) is 1.90. The zero-order valence-electron chi connectivity index (χ0n) is 9.58. The molecule has 0 aliphatic carbocycles. The molecule has 0 heterocycles. The Hall–Kier alpha value is -1.33. The topological polar surface area (TPSA) is 52.3 Å². The first kappa shape index (κ1) is 13.7. The molecule has 1 rings (SSSR count). The third kappa shape index (κ3) is 4.20. The Morgan fingerprint density at radius 3 is 2.71 bits per heavy atom. The van der Waals surface area contributed by atoms with E-state index in [0.29, 0.717) is 13.0 Å². The SMILES string of the molecule is COCCC(N)CC(=O)c1ccc(F)c(F)c1. The second-order valence-corrected chi connectivity index (χ2v) is 3.80. The van der Waals surface area contributed by atoms with Crippen LogP contribution in [-0.4, -0.2) is 25.5 Å². The number of ketones is 1. The minimum Gasteiger partial charge on any atom is -0.385 e. The number of hydrogen-bond donors (Lipinski definition) is 1. The highest BCUT2D eigenvalue weighted by atomic mass is 19.2. The number of hydrogen-bond acceptors (Lipinski definition) is 3. The van der Waals surface area contributed by atoms with Crippen LogP contribution in [0.25, 0.3) is 0 Å². The molecule has 94 valence electrons. The number of carbonyl (C=O) groups excluding carboxylic acids is 1. The first-order valence-electron chi connectivity index (χ1n) is 5.27. The van der Waals surface area contributed by atoms with Crippen LogP contribution in [0.4, 0.5) is 8.78 Å². The first-order chi connectivity index (χ1) is 8.04. The fraction of sp³-hybridized carbons (Fsp3) is 0.417. The van der Waals surface area contributed by atoms with Gasteiger partial charge in [-0.2, -0.15) is 0 Å². The van der Waals surface area contributed by atoms with E-state index in [4.69, 9.17) is 10.5 Å². The van der Waals surface area contributed by atoms with Crippen molar-refractivity contribution in [3.63, 3.8) is 0 Å². The van der Waals surface area contributed by atoms with E-state index < -0.39 is 11.6 Å².